The Morgan fingerprint density at radius 3 is 2.36 bits per heavy atom. The van der Waals surface area contributed by atoms with Crippen LogP contribution in [0.4, 0.5) is 5.69 Å². The Morgan fingerprint density at radius 2 is 1.67 bits per heavy atom. The first-order valence-electron chi connectivity index (χ1n) is 10.8. The van der Waals surface area contributed by atoms with Gasteiger partial charge in [-0.05, 0) is 49.4 Å². The van der Waals surface area contributed by atoms with Gasteiger partial charge in [-0.3, -0.25) is 0 Å². The maximum Gasteiger partial charge on any atom is 0.262 e. The molecule has 0 saturated carbocycles. The van der Waals surface area contributed by atoms with Gasteiger partial charge in [-0.2, -0.15) is 4.57 Å². The number of allylic oxidation sites excluding steroid dienone is 2. The maximum absolute atomic E-state index is 10.4. The molecule has 2 N–H and O–H groups in total. The normalized spacial score (nSPS) is 14.3. The molecule has 0 aliphatic carbocycles. The molecule has 36 heavy (non-hydrogen) atoms. The van der Waals surface area contributed by atoms with E-state index in [9.17, 15) is 23.2 Å². The topological polar surface area (TPSA) is 105 Å². The van der Waals surface area contributed by atoms with E-state index in [2.05, 4.69) is 21.6 Å². The van der Waals surface area contributed by atoms with Crippen LogP contribution in [0.2, 0.25) is 0 Å². The van der Waals surface area contributed by atoms with Crippen molar-refractivity contribution in [3.63, 3.8) is 0 Å². The predicted octanol–water partition coefficient (Wildman–Crippen LogP) is 5.13. The maximum atomic E-state index is 10.4. The van der Waals surface area contributed by atoms with Crippen LogP contribution in [-0.4, -0.2) is 30.2 Å². The molecule has 1 aliphatic heterocycles. The van der Waals surface area contributed by atoms with Gasteiger partial charge in [-0.1, -0.05) is 46.9 Å². The fraction of sp³-hybridized carbons (Fsp3) is 0.115. The highest BCUT2D eigenvalue weighted by atomic mass is 32.2. The van der Waals surface area contributed by atoms with Crippen LogP contribution >= 0.6 is 23.1 Å². The number of aromatic nitrogens is 1. The number of phenols is 2. The SMILES string of the molecule is CN1/C(=C\C=C\c2sc3cc(O)ccc3[n+]2C)Sc2cc(O)ccc21.Cc1ccc(S(=O)(=O)[O-])cc1. The lowest BCUT2D eigenvalue weighted by atomic mass is 10.2. The summed E-state index contributed by atoms with van der Waals surface area (Å²) in [5, 5.41) is 21.5. The van der Waals surface area contributed by atoms with Crippen LogP contribution in [-0.2, 0) is 17.2 Å². The van der Waals surface area contributed by atoms with Gasteiger partial charge in [0, 0.05) is 30.2 Å². The average molecular weight is 541 g/mol. The van der Waals surface area contributed by atoms with Gasteiger partial charge in [-0.25, -0.2) is 8.42 Å². The molecule has 1 aliphatic rings. The minimum atomic E-state index is -4.27. The molecule has 7 nitrogen and oxygen atoms in total. The van der Waals surface area contributed by atoms with Gasteiger partial charge >= 0.3 is 0 Å². The van der Waals surface area contributed by atoms with Crippen LogP contribution < -0.4 is 9.47 Å². The monoisotopic (exact) mass is 540 g/mol. The first-order chi connectivity index (χ1) is 17.0. The highest BCUT2D eigenvalue weighted by Crippen LogP contribution is 2.46. The zero-order chi connectivity index (χ0) is 26.0. The molecule has 0 bridgehead atoms. The second kappa shape index (κ2) is 10.4. The molecule has 3 aromatic carbocycles. The van der Waals surface area contributed by atoms with Crippen molar-refractivity contribution in [2.75, 3.05) is 11.9 Å². The summed E-state index contributed by atoms with van der Waals surface area (Å²) >= 11 is 3.29. The van der Waals surface area contributed by atoms with Crippen LogP contribution in [0.1, 0.15) is 10.6 Å². The van der Waals surface area contributed by atoms with Gasteiger partial charge in [0.25, 0.3) is 5.01 Å². The number of nitrogens with zero attached hydrogens (tertiary/aromatic N) is 2. The minimum absolute atomic E-state index is 0.178. The van der Waals surface area contributed by atoms with Crippen molar-refractivity contribution in [2.24, 2.45) is 7.05 Å². The summed E-state index contributed by atoms with van der Waals surface area (Å²) in [4.78, 5) is 3.00. The lowest BCUT2D eigenvalue weighted by molar-refractivity contribution is -0.642. The van der Waals surface area contributed by atoms with Crippen molar-refractivity contribution in [1.82, 2.24) is 0 Å². The fourth-order valence-electron chi connectivity index (χ4n) is 3.53. The molecule has 0 spiro atoms. The van der Waals surface area contributed by atoms with Crippen molar-refractivity contribution in [1.29, 1.82) is 0 Å². The molecule has 0 amide bonds. The zero-order valence-electron chi connectivity index (χ0n) is 19.7. The number of hydrogen-bond acceptors (Lipinski definition) is 8. The fourth-order valence-corrected chi connectivity index (χ4v) is 6.19. The van der Waals surface area contributed by atoms with Gasteiger partial charge in [0.2, 0.25) is 5.52 Å². The molecule has 0 atom stereocenters. The molecule has 186 valence electrons. The third kappa shape index (κ3) is 5.73. The molecule has 1 aromatic heterocycles. The van der Waals surface area contributed by atoms with Crippen molar-refractivity contribution >= 4 is 55.2 Å². The van der Waals surface area contributed by atoms with E-state index in [1.54, 1.807) is 59.5 Å². The molecule has 0 saturated heterocycles. The Bertz CT molecular complexity index is 1590. The lowest BCUT2D eigenvalue weighted by Crippen LogP contribution is -2.28. The molecule has 2 heterocycles. The van der Waals surface area contributed by atoms with E-state index >= 15 is 0 Å². The number of phenolic OH excluding ortho intramolecular Hbond substituents is 2. The van der Waals surface area contributed by atoms with E-state index in [1.807, 2.05) is 39.2 Å². The number of thioether (sulfide) groups is 1. The van der Waals surface area contributed by atoms with E-state index in [4.69, 9.17) is 0 Å². The summed E-state index contributed by atoms with van der Waals surface area (Å²) in [6, 6.07) is 16.6. The quantitative estimate of drug-likeness (QED) is 0.274. The van der Waals surface area contributed by atoms with Crippen LogP contribution in [0, 0.1) is 6.92 Å². The third-order valence-corrected chi connectivity index (χ3v) is 8.67. The van der Waals surface area contributed by atoms with E-state index in [-0.39, 0.29) is 16.4 Å². The summed E-state index contributed by atoms with van der Waals surface area (Å²) in [6.45, 7) is 1.82. The molecule has 10 heteroatoms. The Hall–Kier alpha value is -3.31. The second-order valence-corrected chi connectivity index (χ2v) is 11.6. The molecule has 0 unspecified atom stereocenters. The number of aromatic hydroxyl groups is 2. The largest absolute Gasteiger partial charge is 0.744 e. The molecule has 4 aromatic rings. The third-order valence-electron chi connectivity index (χ3n) is 5.49. The van der Waals surface area contributed by atoms with Crippen molar-refractivity contribution in [2.45, 2.75) is 16.7 Å². The minimum Gasteiger partial charge on any atom is -0.744 e. The number of rotatable bonds is 3. The predicted molar refractivity (Wildman–Crippen MR) is 143 cm³/mol. The van der Waals surface area contributed by atoms with Crippen LogP contribution in [0.5, 0.6) is 11.5 Å². The summed E-state index contributed by atoms with van der Waals surface area (Å²) in [7, 11) is -0.218. The summed E-state index contributed by atoms with van der Waals surface area (Å²) in [5.41, 5.74) is 3.13. The van der Waals surface area contributed by atoms with Crippen molar-refractivity contribution in [3.05, 3.63) is 88.4 Å². The highest BCUT2D eigenvalue weighted by Gasteiger charge is 2.21. The first-order valence-corrected chi connectivity index (χ1v) is 13.8. The number of fused-ring (bicyclic) bond motifs is 2. The summed E-state index contributed by atoms with van der Waals surface area (Å²) in [5.74, 6) is 0.578. The van der Waals surface area contributed by atoms with Crippen molar-refractivity contribution < 1.29 is 27.8 Å². The standard InChI is InChI=1S/C19H16N2O2S2.C7H8O3S/c1-20-14-8-6-12(22)10-16(14)24-18(20)4-3-5-19-21(2)15-9-7-13(23)11-17(15)25-19;1-6-2-4-7(5-3-6)11(8,9)10/h3-11H,1-2H3,(H-,22,23);2-5H,1H3,(H,8,9,10). The van der Waals surface area contributed by atoms with Gasteiger partial charge in [0.15, 0.2) is 0 Å². The lowest BCUT2D eigenvalue weighted by Gasteiger charge is -2.12. The smallest absolute Gasteiger partial charge is 0.262 e. The number of aryl methyl sites for hydroxylation is 2. The number of hydrogen-bond donors (Lipinski definition) is 2. The van der Waals surface area contributed by atoms with Crippen LogP contribution in [0.25, 0.3) is 16.3 Å². The Balaban J connectivity index is 0.000000233. The van der Waals surface area contributed by atoms with Crippen LogP contribution in [0.15, 0.2) is 87.6 Å². The molecule has 0 fully saturated rings. The molecular weight excluding hydrogens is 516 g/mol. The van der Waals surface area contributed by atoms with Gasteiger partial charge in [-0.15, -0.1) is 0 Å². The van der Waals surface area contributed by atoms with Gasteiger partial charge in [0.1, 0.15) is 33.4 Å². The van der Waals surface area contributed by atoms with Crippen LogP contribution in [0.3, 0.4) is 0 Å². The van der Waals surface area contributed by atoms with Gasteiger partial charge < -0.3 is 19.7 Å². The number of thiazole rings is 1. The Kier molecular flexibility index (Phi) is 7.41. The Labute approximate surface area is 218 Å². The first kappa shape index (κ1) is 25.8. The number of benzene rings is 3. The van der Waals surface area contributed by atoms with E-state index in [0.717, 1.165) is 36.4 Å². The summed E-state index contributed by atoms with van der Waals surface area (Å²) < 4.78 is 34.3. The number of anilines is 1. The van der Waals surface area contributed by atoms with E-state index in [1.165, 1.54) is 12.1 Å². The Morgan fingerprint density at radius 1 is 1.00 bits per heavy atom. The molecule has 5 rings (SSSR count). The molecular formula is C26H24N2O5S3. The van der Waals surface area contributed by atoms with E-state index < -0.39 is 10.1 Å². The van der Waals surface area contributed by atoms with Crippen molar-refractivity contribution in [3.8, 4) is 11.5 Å². The van der Waals surface area contributed by atoms with Gasteiger partial charge in [0.05, 0.1) is 15.6 Å². The molecule has 0 radical (unpaired) electrons. The second-order valence-electron chi connectivity index (χ2n) is 8.10. The summed E-state index contributed by atoms with van der Waals surface area (Å²) in [6.07, 6.45) is 6.18. The van der Waals surface area contributed by atoms with E-state index in [0.29, 0.717) is 0 Å². The highest BCUT2D eigenvalue weighted by molar-refractivity contribution is 8.03. The zero-order valence-corrected chi connectivity index (χ0v) is 22.2. The average Bonchev–Trinajstić information content (AvgIpc) is 3.29.